The topological polar surface area (TPSA) is 38.3 Å². The van der Waals surface area contributed by atoms with Gasteiger partial charge in [0.25, 0.3) is 0 Å². The summed E-state index contributed by atoms with van der Waals surface area (Å²) in [7, 11) is 1.63. The maximum Gasteiger partial charge on any atom is 0.158 e. The van der Waals surface area contributed by atoms with E-state index in [2.05, 4.69) is 5.32 Å². The summed E-state index contributed by atoms with van der Waals surface area (Å²) in [6.45, 7) is 0. The van der Waals surface area contributed by atoms with E-state index >= 15 is 0 Å². The summed E-state index contributed by atoms with van der Waals surface area (Å²) >= 11 is 5.97. The van der Waals surface area contributed by atoms with Crippen LogP contribution in [-0.2, 0) is 4.79 Å². The zero-order valence-corrected chi connectivity index (χ0v) is 16.4. The lowest BCUT2D eigenvalue weighted by Crippen LogP contribution is -2.14. The number of methoxy groups -OCH3 is 1. The van der Waals surface area contributed by atoms with Crippen molar-refractivity contribution in [2.24, 2.45) is 0 Å². The molecule has 3 aromatic rings. The van der Waals surface area contributed by atoms with Crippen molar-refractivity contribution in [3.05, 3.63) is 101 Å². The summed E-state index contributed by atoms with van der Waals surface area (Å²) < 4.78 is 5.15. The average Bonchev–Trinajstić information content (AvgIpc) is 2.74. The van der Waals surface area contributed by atoms with Crippen LogP contribution in [0.1, 0.15) is 23.6 Å². The molecule has 3 aromatic carbocycles. The first-order valence-corrected chi connectivity index (χ1v) is 9.44. The van der Waals surface area contributed by atoms with Gasteiger partial charge in [-0.1, -0.05) is 60.1 Å². The number of carbonyl (C=O) groups excluding carboxylic acids is 1. The summed E-state index contributed by atoms with van der Waals surface area (Å²) in [4.78, 5) is 12.6. The molecule has 4 heteroatoms. The van der Waals surface area contributed by atoms with E-state index in [0.717, 1.165) is 22.6 Å². The lowest BCUT2D eigenvalue weighted by atomic mass is 10.0. The normalized spacial score (nSPS) is 11.9. The molecule has 0 aliphatic heterocycles. The summed E-state index contributed by atoms with van der Waals surface area (Å²) in [5, 5.41) is 4.12. The van der Waals surface area contributed by atoms with Crippen LogP contribution in [0.2, 0.25) is 5.02 Å². The zero-order valence-electron chi connectivity index (χ0n) is 15.6. The fourth-order valence-electron chi connectivity index (χ4n) is 2.86. The van der Waals surface area contributed by atoms with E-state index in [0.29, 0.717) is 11.4 Å². The van der Waals surface area contributed by atoms with Crippen LogP contribution >= 0.6 is 11.6 Å². The largest absolute Gasteiger partial charge is 0.497 e. The summed E-state index contributed by atoms with van der Waals surface area (Å²) in [6.07, 6.45) is 3.80. The first-order chi connectivity index (χ1) is 13.6. The highest BCUT2D eigenvalue weighted by molar-refractivity contribution is 6.30. The molecule has 0 saturated carbocycles. The molecule has 3 rings (SSSR count). The Bertz CT molecular complexity index is 919. The molecule has 0 heterocycles. The van der Waals surface area contributed by atoms with E-state index in [9.17, 15) is 4.79 Å². The van der Waals surface area contributed by atoms with Gasteiger partial charge in [0, 0.05) is 17.1 Å². The number of rotatable bonds is 8. The molecule has 3 nitrogen and oxygen atoms in total. The molecule has 0 saturated heterocycles. The predicted molar refractivity (Wildman–Crippen MR) is 116 cm³/mol. The zero-order chi connectivity index (χ0) is 19.8. The van der Waals surface area contributed by atoms with Crippen molar-refractivity contribution in [2.45, 2.75) is 12.5 Å². The lowest BCUT2D eigenvalue weighted by molar-refractivity contribution is -0.114. The first-order valence-electron chi connectivity index (χ1n) is 9.06. The van der Waals surface area contributed by atoms with E-state index in [-0.39, 0.29) is 11.8 Å². The molecular formula is C24H22ClNO2. The molecule has 0 aromatic heterocycles. The third-order valence-corrected chi connectivity index (χ3v) is 4.62. The molecule has 1 unspecified atom stereocenters. The van der Waals surface area contributed by atoms with Crippen LogP contribution in [0.25, 0.3) is 6.08 Å². The minimum atomic E-state index is -0.129. The van der Waals surface area contributed by atoms with Gasteiger partial charge < -0.3 is 10.1 Å². The Morgan fingerprint density at radius 2 is 1.68 bits per heavy atom. The number of ketones is 1. The highest BCUT2D eigenvalue weighted by Crippen LogP contribution is 2.24. The summed E-state index contributed by atoms with van der Waals surface area (Å²) in [5.74, 6) is 0.839. The second-order valence-electron chi connectivity index (χ2n) is 6.39. The van der Waals surface area contributed by atoms with Crippen molar-refractivity contribution in [2.75, 3.05) is 12.4 Å². The van der Waals surface area contributed by atoms with Gasteiger partial charge in [-0.15, -0.1) is 0 Å². The Labute approximate surface area is 170 Å². The molecule has 142 valence electrons. The first kappa shape index (κ1) is 19.7. The number of ether oxygens (including phenoxy) is 1. The van der Waals surface area contributed by atoms with Gasteiger partial charge >= 0.3 is 0 Å². The molecule has 28 heavy (non-hydrogen) atoms. The Hall–Kier alpha value is -3.04. The highest BCUT2D eigenvalue weighted by Gasteiger charge is 2.14. The van der Waals surface area contributed by atoms with Gasteiger partial charge in [0.05, 0.1) is 13.2 Å². The summed E-state index contributed by atoms with van der Waals surface area (Å²) in [6, 6.07) is 24.9. The van der Waals surface area contributed by atoms with Crippen LogP contribution in [0, 0.1) is 0 Å². The lowest BCUT2D eigenvalue weighted by Gasteiger charge is -2.19. The smallest absolute Gasteiger partial charge is 0.158 e. The Balaban J connectivity index is 1.71. The Morgan fingerprint density at radius 1 is 1.00 bits per heavy atom. The van der Waals surface area contributed by atoms with Gasteiger partial charge in [-0.2, -0.15) is 0 Å². The van der Waals surface area contributed by atoms with Crippen LogP contribution in [0.4, 0.5) is 5.69 Å². The number of allylic oxidation sites excluding steroid dienone is 1. The third kappa shape index (κ3) is 5.73. The van der Waals surface area contributed by atoms with Gasteiger partial charge in [-0.3, -0.25) is 4.79 Å². The fraction of sp³-hybridized carbons (Fsp3) is 0.125. The maximum absolute atomic E-state index is 12.6. The van der Waals surface area contributed by atoms with Gasteiger partial charge in [-0.05, 0) is 53.6 Å². The number of hydrogen-bond donors (Lipinski definition) is 1. The van der Waals surface area contributed by atoms with Crippen molar-refractivity contribution < 1.29 is 9.53 Å². The molecule has 0 bridgehead atoms. The second-order valence-corrected chi connectivity index (χ2v) is 6.83. The second kappa shape index (κ2) is 9.77. The van der Waals surface area contributed by atoms with E-state index < -0.39 is 0 Å². The maximum atomic E-state index is 12.6. The molecule has 0 fully saturated rings. The fourth-order valence-corrected chi connectivity index (χ4v) is 2.98. The van der Waals surface area contributed by atoms with Gasteiger partial charge in [0.1, 0.15) is 5.75 Å². The molecule has 0 spiro atoms. The van der Waals surface area contributed by atoms with Crippen molar-refractivity contribution in [1.82, 2.24) is 0 Å². The number of benzene rings is 3. The Morgan fingerprint density at radius 3 is 2.32 bits per heavy atom. The number of carbonyl (C=O) groups is 1. The third-order valence-electron chi connectivity index (χ3n) is 4.37. The minimum Gasteiger partial charge on any atom is -0.497 e. The van der Waals surface area contributed by atoms with E-state index in [1.807, 2.05) is 84.9 Å². The molecular weight excluding hydrogens is 370 g/mol. The summed E-state index contributed by atoms with van der Waals surface area (Å²) in [5.41, 5.74) is 2.94. The molecule has 0 radical (unpaired) electrons. The molecule has 1 atom stereocenters. The minimum absolute atomic E-state index is 0.0473. The number of hydrogen-bond acceptors (Lipinski definition) is 3. The van der Waals surface area contributed by atoms with Crippen molar-refractivity contribution in [3.63, 3.8) is 0 Å². The van der Waals surface area contributed by atoms with E-state index in [1.54, 1.807) is 13.2 Å². The van der Waals surface area contributed by atoms with Gasteiger partial charge in [-0.25, -0.2) is 0 Å². The van der Waals surface area contributed by atoms with Gasteiger partial charge in [0.2, 0.25) is 0 Å². The Kier molecular flexibility index (Phi) is 6.88. The monoisotopic (exact) mass is 391 g/mol. The quantitative estimate of drug-likeness (QED) is 0.466. The van der Waals surface area contributed by atoms with Crippen LogP contribution in [-0.4, -0.2) is 12.9 Å². The van der Waals surface area contributed by atoms with Crippen LogP contribution < -0.4 is 10.1 Å². The van der Waals surface area contributed by atoms with Crippen molar-refractivity contribution in [1.29, 1.82) is 0 Å². The number of nitrogens with one attached hydrogen (secondary N) is 1. The standard InChI is InChI=1S/C24H22ClNO2/c1-28-23-15-8-18(9-16-23)7-14-22(27)17-24(19-5-3-2-4-6-19)26-21-12-10-20(25)11-13-21/h2-16,24,26H,17H2,1H3/b14-7+. The molecule has 0 amide bonds. The number of anilines is 1. The average molecular weight is 392 g/mol. The predicted octanol–water partition coefficient (Wildman–Crippen LogP) is 6.17. The van der Waals surface area contributed by atoms with Crippen molar-refractivity contribution >= 4 is 29.1 Å². The highest BCUT2D eigenvalue weighted by atomic mass is 35.5. The van der Waals surface area contributed by atoms with Crippen LogP contribution in [0.5, 0.6) is 5.75 Å². The van der Waals surface area contributed by atoms with Crippen molar-refractivity contribution in [3.8, 4) is 5.75 Å². The van der Waals surface area contributed by atoms with Crippen LogP contribution in [0.15, 0.2) is 84.9 Å². The molecule has 0 aliphatic carbocycles. The SMILES string of the molecule is COc1ccc(/C=C/C(=O)CC(Nc2ccc(Cl)cc2)c2ccccc2)cc1. The van der Waals surface area contributed by atoms with Crippen LogP contribution in [0.3, 0.4) is 0 Å². The molecule has 1 N–H and O–H groups in total. The molecule has 0 aliphatic rings. The van der Waals surface area contributed by atoms with Gasteiger partial charge in [0.15, 0.2) is 5.78 Å². The van der Waals surface area contributed by atoms with E-state index in [4.69, 9.17) is 16.3 Å². The van der Waals surface area contributed by atoms with E-state index in [1.165, 1.54) is 0 Å². The number of halogens is 1.